The molecule has 0 unspecified atom stereocenters. The Hall–Kier alpha value is -1.89. The largest absolute Gasteiger partial charge is 0.496 e. The summed E-state index contributed by atoms with van der Waals surface area (Å²) in [5, 5.41) is 11.0. The lowest BCUT2D eigenvalue weighted by molar-refractivity contribution is 0.215. The van der Waals surface area contributed by atoms with Crippen molar-refractivity contribution in [2.45, 2.75) is 19.5 Å². The van der Waals surface area contributed by atoms with E-state index in [0.29, 0.717) is 23.3 Å². The van der Waals surface area contributed by atoms with Gasteiger partial charge in [0.1, 0.15) is 5.75 Å². The van der Waals surface area contributed by atoms with E-state index in [0.717, 1.165) is 16.2 Å². The molecule has 0 N–H and O–H groups in total. The van der Waals surface area contributed by atoms with E-state index in [4.69, 9.17) is 20.8 Å². The number of ether oxygens (including phenoxy) is 1. The Bertz CT molecular complexity index is 804. The molecular formula is C17H18ClN3O2S. The third-order valence-electron chi connectivity index (χ3n) is 3.85. The van der Waals surface area contributed by atoms with Gasteiger partial charge in [-0.25, -0.2) is 0 Å². The van der Waals surface area contributed by atoms with Crippen molar-refractivity contribution in [2.24, 2.45) is 0 Å². The highest BCUT2D eigenvalue weighted by atomic mass is 35.5. The molecule has 1 aromatic carbocycles. The van der Waals surface area contributed by atoms with Crippen molar-refractivity contribution in [3.63, 3.8) is 0 Å². The number of hydrogen-bond donors (Lipinski definition) is 0. The minimum absolute atomic E-state index is 0.0325. The fourth-order valence-corrected chi connectivity index (χ4v) is 3.21. The molecule has 1 atom stereocenters. The van der Waals surface area contributed by atoms with Crippen LogP contribution in [0.25, 0.3) is 10.8 Å². The van der Waals surface area contributed by atoms with Gasteiger partial charge in [0.15, 0.2) is 0 Å². The average Bonchev–Trinajstić information content (AvgIpc) is 3.25. The number of hydrogen-bond acceptors (Lipinski definition) is 6. The van der Waals surface area contributed by atoms with Crippen molar-refractivity contribution in [1.82, 2.24) is 15.1 Å². The Morgan fingerprint density at radius 3 is 2.88 bits per heavy atom. The summed E-state index contributed by atoms with van der Waals surface area (Å²) in [5.41, 5.74) is 1.01. The van der Waals surface area contributed by atoms with Crippen LogP contribution in [0, 0.1) is 0 Å². The molecule has 0 aliphatic carbocycles. The normalized spacial score (nSPS) is 12.5. The maximum atomic E-state index is 6.10. The van der Waals surface area contributed by atoms with Gasteiger partial charge in [0, 0.05) is 17.1 Å². The number of methoxy groups -OCH3 is 1. The highest BCUT2D eigenvalue weighted by molar-refractivity contribution is 7.13. The summed E-state index contributed by atoms with van der Waals surface area (Å²) in [7, 11) is 3.65. The molecule has 0 bridgehead atoms. The maximum Gasteiger partial charge on any atom is 0.257 e. The smallest absolute Gasteiger partial charge is 0.257 e. The zero-order valence-corrected chi connectivity index (χ0v) is 15.3. The quantitative estimate of drug-likeness (QED) is 0.637. The molecule has 0 spiro atoms. The van der Waals surface area contributed by atoms with E-state index in [1.807, 2.05) is 49.7 Å². The summed E-state index contributed by atoms with van der Waals surface area (Å²) in [6.45, 7) is 2.68. The number of thiophene rings is 1. The summed E-state index contributed by atoms with van der Waals surface area (Å²) < 4.78 is 11.2. The molecule has 2 heterocycles. The fraction of sp³-hybridized carbons (Fsp3) is 0.294. The number of rotatable bonds is 6. The highest BCUT2D eigenvalue weighted by Crippen LogP contribution is 2.29. The molecule has 0 aliphatic rings. The van der Waals surface area contributed by atoms with Gasteiger partial charge in [0.25, 0.3) is 5.89 Å². The van der Waals surface area contributed by atoms with Gasteiger partial charge in [-0.05, 0) is 43.6 Å². The first kappa shape index (κ1) is 17.0. The minimum Gasteiger partial charge on any atom is -0.496 e. The van der Waals surface area contributed by atoms with Gasteiger partial charge < -0.3 is 9.15 Å². The molecular weight excluding hydrogens is 346 g/mol. The lowest BCUT2D eigenvalue weighted by Crippen LogP contribution is -2.22. The van der Waals surface area contributed by atoms with Crippen LogP contribution in [0.5, 0.6) is 5.75 Å². The second kappa shape index (κ2) is 7.34. The summed E-state index contributed by atoms with van der Waals surface area (Å²) in [5.74, 6) is 1.95. The van der Waals surface area contributed by atoms with Crippen molar-refractivity contribution in [3.8, 4) is 16.5 Å². The number of halogens is 1. The summed E-state index contributed by atoms with van der Waals surface area (Å²) in [4.78, 5) is 3.08. The number of benzene rings is 1. The van der Waals surface area contributed by atoms with E-state index in [9.17, 15) is 0 Å². The van der Waals surface area contributed by atoms with Crippen molar-refractivity contribution >= 4 is 22.9 Å². The summed E-state index contributed by atoms with van der Waals surface area (Å²) in [6, 6.07) is 9.50. The van der Waals surface area contributed by atoms with Crippen LogP contribution in [0.2, 0.25) is 5.02 Å². The predicted octanol–water partition coefficient (Wildman–Crippen LogP) is 4.65. The average molecular weight is 364 g/mol. The van der Waals surface area contributed by atoms with Gasteiger partial charge in [-0.1, -0.05) is 17.7 Å². The molecule has 0 fully saturated rings. The van der Waals surface area contributed by atoms with E-state index < -0.39 is 0 Å². The van der Waals surface area contributed by atoms with Crippen LogP contribution in [0.15, 0.2) is 40.1 Å². The van der Waals surface area contributed by atoms with Gasteiger partial charge in [0.2, 0.25) is 5.89 Å². The SMILES string of the molecule is COc1ccc(Cl)cc1CN(C)[C@@H](C)c1nnc(-c2cccs2)o1. The van der Waals surface area contributed by atoms with Crippen molar-refractivity contribution in [1.29, 1.82) is 0 Å². The Morgan fingerprint density at radius 2 is 2.17 bits per heavy atom. The maximum absolute atomic E-state index is 6.10. The van der Waals surface area contributed by atoms with Crippen LogP contribution in [0.3, 0.4) is 0 Å². The molecule has 24 heavy (non-hydrogen) atoms. The van der Waals surface area contributed by atoms with Gasteiger partial charge in [0.05, 0.1) is 18.0 Å². The lowest BCUT2D eigenvalue weighted by Gasteiger charge is -2.22. The van der Waals surface area contributed by atoms with Gasteiger partial charge in [-0.15, -0.1) is 21.5 Å². The first-order valence-corrected chi connectivity index (χ1v) is 8.74. The van der Waals surface area contributed by atoms with Crippen LogP contribution < -0.4 is 4.74 Å². The molecule has 5 nitrogen and oxygen atoms in total. The van der Waals surface area contributed by atoms with Crippen LogP contribution >= 0.6 is 22.9 Å². The lowest BCUT2D eigenvalue weighted by atomic mass is 10.1. The monoisotopic (exact) mass is 363 g/mol. The highest BCUT2D eigenvalue weighted by Gasteiger charge is 2.20. The van der Waals surface area contributed by atoms with Crippen LogP contribution in [0.1, 0.15) is 24.4 Å². The zero-order valence-electron chi connectivity index (χ0n) is 13.7. The molecule has 0 saturated carbocycles. The van der Waals surface area contributed by atoms with Gasteiger partial charge in [-0.2, -0.15) is 0 Å². The first-order chi connectivity index (χ1) is 11.6. The predicted molar refractivity (Wildman–Crippen MR) is 95.5 cm³/mol. The van der Waals surface area contributed by atoms with Crippen molar-refractivity contribution < 1.29 is 9.15 Å². The van der Waals surface area contributed by atoms with Crippen molar-refractivity contribution in [2.75, 3.05) is 14.2 Å². The Labute approximate surface area is 149 Å². The molecule has 0 amide bonds. The molecule has 7 heteroatoms. The second-order valence-electron chi connectivity index (χ2n) is 5.47. The van der Waals surface area contributed by atoms with E-state index in [1.165, 1.54) is 0 Å². The van der Waals surface area contributed by atoms with Crippen LogP contribution in [-0.4, -0.2) is 29.3 Å². The van der Waals surface area contributed by atoms with Crippen LogP contribution in [-0.2, 0) is 6.54 Å². The molecule has 0 saturated heterocycles. The first-order valence-electron chi connectivity index (χ1n) is 7.48. The van der Waals surface area contributed by atoms with Crippen LogP contribution in [0.4, 0.5) is 0 Å². The summed E-state index contributed by atoms with van der Waals surface area (Å²) in [6.07, 6.45) is 0. The molecule has 3 aromatic rings. The zero-order chi connectivity index (χ0) is 17.1. The standard InChI is InChI=1S/C17H18ClN3O2S/c1-11(16-19-20-17(23-16)15-5-4-8-24-15)21(2)10-12-9-13(18)6-7-14(12)22-3/h4-9,11H,10H2,1-3H3/t11-/m0/s1. The molecule has 126 valence electrons. The molecule has 2 aromatic heterocycles. The molecule has 3 rings (SSSR count). The van der Waals surface area contributed by atoms with Crippen molar-refractivity contribution in [3.05, 3.63) is 52.2 Å². The third kappa shape index (κ3) is 3.61. The summed E-state index contributed by atoms with van der Waals surface area (Å²) >= 11 is 7.68. The Balaban J connectivity index is 1.75. The molecule has 0 aliphatic heterocycles. The van der Waals surface area contributed by atoms with Gasteiger partial charge in [-0.3, -0.25) is 4.90 Å². The fourth-order valence-electron chi connectivity index (χ4n) is 2.37. The Kier molecular flexibility index (Phi) is 5.18. The minimum atomic E-state index is -0.0325. The van der Waals surface area contributed by atoms with E-state index in [-0.39, 0.29) is 6.04 Å². The van der Waals surface area contributed by atoms with Gasteiger partial charge >= 0.3 is 0 Å². The number of nitrogens with zero attached hydrogens (tertiary/aromatic N) is 3. The number of aromatic nitrogens is 2. The second-order valence-corrected chi connectivity index (χ2v) is 6.85. The van der Waals surface area contributed by atoms with E-state index >= 15 is 0 Å². The topological polar surface area (TPSA) is 51.4 Å². The Morgan fingerprint density at radius 1 is 1.33 bits per heavy atom. The van der Waals surface area contributed by atoms with E-state index in [2.05, 4.69) is 15.1 Å². The third-order valence-corrected chi connectivity index (χ3v) is 4.95. The molecule has 0 radical (unpaired) electrons. The van der Waals surface area contributed by atoms with E-state index in [1.54, 1.807) is 18.4 Å².